The summed E-state index contributed by atoms with van der Waals surface area (Å²) in [6, 6.07) is 7.38. The highest BCUT2D eigenvalue weighted by Crippen LogP contribution is 2.19. The Morgan fingerprint density at radius 1 is 1.50 bits per heavy atom. The molecule has 4 N–H and O–H groups in total. The smallest absolute Gasteiger partial charge is 0.240 e. The SMILES string of the molecule is N[C@@H](Cc1c[nH]c2ccccc12)C(=O)N1CCOC(CO)C1. The van der Waals surface area contributed by atoms with Gasteiger partial charge < -0.3 is 25.5 Å². The summed E-state index contributed by atoms with van der Waals surface area (Å²) < 4.78 is 5.36. The fourth-order valence-electron chi connectivity index (χ4n) is 2.89. The minimum absolute atomic E-state index is 0.0819. The van der Waals surface area contributed by atoms with E-state index in [0.717, 1.165) is 16.5 Å². The van der Waals surface area contributed by atoms with Crippen LogP contribution in [-0.2, 0) is 16.0 Å². The van der Waals surface area contributed by atoms with Crippen molar-refractivity contribution in [2.24, 2.45) is 5.73 Å². The number of carbonyl (C=O) groups is 1. The molecule has 0 radical (unpaired) electrons. The predicted molar refractivity (Wildman–Crippen MR) is 83.4 cm³/mol. The number of benzene rings is 1. The third kappa shape index (κ3) is 2.99. The van der Waals surface area contributed by atoms with Crippen LogP contribution >= 0.6 is 0 Å². The van der Waals surface area contributed by atoms with E-state index in [0.29, 0.717) is 26.1 Å². The molecule has 1 aromatic carbocycles. The maximum atomic E-state index is 12.5. The van der Waals surface area contributed by atoms with E-state index in [1.54, 1.807) is 4.90 Å². The van der Waals surface area contributed by atoms with Gasteiger partial charge in [-0.25, -0.2) is 0 Å². The van der Waals surface area contributed by atoms with E-state index in [9.17, 15) is 4.79 Å². The van der Waals surface area contributed by atoms with Crippen molar-refractivity contribution in [3.05, 3.63) is 36.0 Å². The number of carbonyl (C=O) groups excluding carboxylic acids is 1. The Labute approximate surface area is 128 Å². The number of nitrogens with one attached hydrogen (secondary N) is 1. The van der Waals surface area contributed by atoms with E-state index in [1.165, 1.54) is 0 Å². The van der Waals surface area contributed by atoms with Crippen LogP contribution in [0.25, 0.3) is 10.9 Å². The summed E-state index contributed by atoms with van der Waals surface area (Å²) in [6.45, 7) is 1.28. The van der Waals surface area contributed by atoms with Crippen molar-refractivity contribution in [3.8, 4) is 0 Å². The molecule has 0 spiro atoms. The van der Waals surface area contributed by atoms with Gasteiger partial charge in [0.05, 0.1) is 25.4 Å². The Bertz CT molecular complexity index is 655. The molecule has 1 aliphatic heterocycles. The van der Waals surface area contributed by atoms with Gasteiger partial charge in [-0.05, 0) is 18.1 Å². The molecule has 3 rings (SSSR count). The molecule has 1 saturated heterocycles. The number of aromatic amines is 1. The second kappa shape index (κ2) is 6.48. The standard InChI is InChI=1S/C16H21N3O3/c17-14(16(21)19-5-6-22-12(9-19)10-20)7-11-8-18-15-4-2-1-3-13(11)15/h1-4,8,12,14,18,20H,5-7,9-10,17H2/t12?,14-/m0/s1. The lowest BCUT2D eigenvalue weighted by Crippen LogP contribution is -2.52. The van der Waals surface area contributed by atoms with Crippen LogP contribution in [0.4, 0.5) is 0 Å². The number of aliphatic hydroxyl groups is 1. The van der Waals surface area contributed by atoms with E-state index in [1.807, 2.05) is 30.5 Å². The van der Waals surface area contributed by atoms with E-state index < -0.39 is 6.04 Å². The molecule has 0 aliphatic carbocycles. The van der Waals surface area contributed by atoms with Gasteiger partial charge in [0.2, 0.25) is 5.91 Å². The molecule has 1 unspecified atom stereocenters. The van der Waals surface area contributed by atoms with E-state index in [-0.39, 0.29) is 18.6 Å². The molecule has 22 heavy (non-hydrogen) atoms. The van der Waals surface area contributed by atoms with Gasteiger partial charge in [0.25, 0.3) is 0 Å². The fraction of sp³-hybridized carbons (Fsp3) is 0.438. The van der Waals surface area contributed by atoms with Gasteiger partial charge in [0, 0.05) is 30.2 Å². The number of morpholine rings is 1. The van der Waals surface area contributed by atoms with Crippen LogP contribution in [0.5, 0.6) is 0 Å². The lowest BCUT2D eigenvalue weighted by Gasteiger charge is -2.33. The summed E-state index contributed by atoms with van der Waals surface area (Å²) in [5.74, 6) is -0.0907. The molecule has 1 fully saturated rings. The van der Waals surface area contributed by atoms with Crippen molar-refractivity contribution in [1.29, 1.82) is 0 Å². The summed E-state index contributed by atoms with van der Waals surface area (Å²) in [7, 11) is 0. The molecule has 6 nitrogen and oxygen atoms in total. The molecule has 118 valence electrons. The second-order valence-electron chi connectivity index (χ2n) is 5.63. The zero-order valence-electron chi connectivity index (χ0n) is 12.4. The molecule has 0 saturated carbocycles. The van der Waals surface area contributed by atoms with Crippen molar-refractivity contribution >= 4 is 16.8 Å². The van der Waals surface area contributed by atoms with Crippen LogP contribution in [0.3, 0.4) is 0 Å². The summed E-state index contributed by atoms with van der Waals surface area (Å²) in [5, 5.41) is 10.3. The average Bonchev–Trinajstić information content (AvgIpc) is 2.97. The van der Waals surface area contributed by atoms with Crippen LogP contribution in [0.15, 0.2) is 30.5 Å². The Morgan fingerprint density at radius 3 is 3.14 bits per heavy atom. The van der Waals surface area contributed by atoms with Crippen molar-refractivity contribution < 1.29 is 14.6 Å². The maximum absolute atomic E-state index is 12.5. The van der Waals surface area contributed by atoms with Crippen LogP contribution in [0.1, 0.15) is 5.56 Å². The Balaban J connectivity index is 1.68. The topological polar surface area (TPSA) is 91.6 Å². The Kier molecular flexibility index (Phi) is 4.42. The van der Waals surface area contributed by atoms with Gasteiger partial charge in [-0.2, -0.15) is 0 Å². The third-order valence-corrected chi connectivity index (χ3v) is 4.09. The number of nitrogens with zero attached hydrogens (tertiary/aromatic N) is 1. The highest BCUT2D eigenvalue weighted by molar-refractivity contribution is 5.86. The average molecular weight is 303 g/mol. The summed E-state index contributed by atoms with van der Waals surface area (Å²) in [5.41, 5.74) is 8.20. The highest BCUT2D eigenvalue weighted by atomic mass is 16.5. The number of nitrogens with two attached hydrogens (primary N) is 1. The van der Waals surface area contributed by atoms with E-state index in [4.69, 9.17) is 15.6 Å². The van der Waals surface area contributed by atoms with Gasteiger partial charge in [0.15, 0.2) is 0 Å². The normalized spacial score (nSPS) is 20.3. The number of hydrogen-bond donors (Lipinski definition) is 3. The first-order valence-corrected chi connectivity index (χ1v) is 7.51. The highest BCUT2D eigenvalue weighted by Gasteiger charge is 2.27. The first kappa shape index (κ1) is 15.0. The van der Waals surface area contributed by atoms with Crippen molar-refractivity contribution in [2.75, 3.05) is 26.3 Å². The zero-order chi connectivity index (χ0) is 15.5. The number of fused-ring (bicyclic) bond motifs is 1. The number of H-pyrrole nitrogens is 1. The number of amides is 1. The zero-order valence-corrected chi connectivity index (χ0v) is 12.4. The van der Waals surface area contributed by atoms with Crippen molar-refractivity contribution in [1.82, 2.24) is 9.88 Å². The van der Waals surface area contributed by atoms with E-state index in [2.05, 4.69) is 4.98 Å². The minimum atomic E-state index is -0.586. The Hall–Kier alpha value is -1.89. The lowest BCUT2D eigenvalue weighted by molar-refractivity contribution is -0.141. The number of aromatic nitrogens is 1. The fourth-order valence-corrected chi connectivity index (χ4v) is 2.89. The van der Waals surface area contributed by atoms with Crippen molar-refractivity contribution in [3.63, 3.8) is 0 Å². The molecule has 2 atom stereocenters. The van der Waals surface area contributed by atoms with Gasteiger partial charge in [-0.15, -0.1) is 0 Å². The number of rotatable bonds is 4. The van der Waals surface area contributed by atoms with Gasteiger partial charge in [-0.3, -0.25) is 4.79 Å². The molecule has 1 aliphatic rings. The van der Waals surface area contributed by atoms with Crippen LogP contribution < -0.4 is 5.73 Å². The Morgan fingerprint density at radius 2 is 2.32 bits per heavy atom. The minimum Gasteiger partial charge on any atom is -0.394 e. The van der Waals surface area contributed by atoms with Gasteiger partial charge in [0.1, 0.15) is 0 Å². The lowest BCUT2D eigenvalue weighted by atomic mass is 10.0. The molecular weight excluding hydrogens is 282 g/mol. The molecule has 6 heteroatoms. The molecule has 1 amide bonds. The molecule has 2 aromatic rings. The first-order valence-electron chi connectivity index (χ1n) is 7.51. The second-order valence-corrected chi connectivity index (χ2v) is 5.63. The van der Waals surface area contributed by atoms with Gasteiger partial charge in [-0.1, -0.05) is 18.2 Å². The predicted octanol–water partition coefficient (Wildman–Crippen LogP) is 0.257. The molecule has 1 aromatic heterocycles. The maximum Gasteiger partial charge on any atom is 0.240 e. The van der Waals surface area contributed by atoms with Crippen LogP contribution in [0, 0.1) is 0 Å². The summed E-state index contributed by atoms with van der Waals surface area (Å²) in [4.78, 5) is 17.4. The number of hydrogen-bond acceptors (Lipinski definition) is 4. The molecular formula is C16H21N3O3. The molecule has 0 bridgehead atoms. The number of ether oxygens (including phenoxy) is 1. The number of para-hydroxylation sites is 1. The van der Waals surface area contributed by atoms with Crippen LogP contribution in [-0.4, -0.2) is 59.3 Å². The monoisotopic (exact) mass is 303 g/mol. The largest absolute Gasteiger partial charge is 0.394 e. The summed E-state index contributed by atoms with van der Waals surface area (Å²) >= 11 is 0. The quantitative estimate of drug-likeness (QED) is 0.755. The first-order chi connectivity index (χ1) is 10.7. The van der Waals surface area contributed by atoms with Gasteiger partial charge >= 0.3 is 0 Å². The molecule has 2 heterocycles. The van der Waals surface area contributed by atoms with Crippen molar-refractivity contribution in [2.45, 2.75) is 18.6 Å². The van der Waals surface area contributed by atoms with E-state index >= 15 is 0 Å². The third-order valence-electron chi connectivity index (χ3n) is 4.09. The summed E-state index contributed by atoms with van der Waals surface area (Å²) in [6.07, 6.45) is 2.09. The van der Waals surface area contributed by atoms with Crippen LogP contribution in [0.2, 0.25) is 0 Å². The number of aliphatic hydroxyl groups excluding tert-OH is 1.